The van der Waals surface area contributed by atoms with Crippen LogP contribution in [0.4, 0.5) is 0 Å². The number of nitrogens with two attached hydrogens (primary N) is 1. The Labute approximate surface area is 120 Å². The third-order valence-electron chi connectivity index (χ3n) is 4.12. The van der Waals surface area contributed by atoms with E-state index in [0.29, 0.717) is 25.0 Å². The fourth-order valence-electron chi connectivity index (χ4n) is 2.68. The highest BCUT2D eigenvalue weighted by Gasteiger charge is 2.28. The van der Waals surface area contributed by atoms with Crippen molar-refractivity contribution in [2.24, 2.45) is 17.6 Å². The first-order chi connectivity index (χ1) is 9.65. The molecule has 0 aliphatic carbocycles. The average molecular weight is 276 g/mol. The molecule has 1 saturated heterocycles. The molecule has 110 valence electrons. The summed E-state index contributed by atoms with van der Waals surface area (Å²) >= 11 is 0. The van der Waals surface area contributed by atoms with Gasteiger partial charge in [0.25, 0.3) is 5.91 Å². The molecule has 1 aliphatic heterocycles. The summed E-state index contributed by atoms with van der Waals surface area (Å²) in [7, 11) is 0. The lowest BCUT2D eigenvalue weighted by molar-refractivity contribution is 0.0618. The van der Waals surface area contributed by atoms with Crippen LogP contribution >= 0.6 is 0 Å². The number of piperidine rings is 1. The van der Waals surface area contributed by atoms with Crippen LogP contribution in [0.2, 0.25) is 0 Å². The largest absolute Gasteiger partial charge is 0.494 e. The van der Waals surface area contributed by atoms with Gasteiger partial charge in [-0.25, -0.2) is 0 Å². The fraction of sp³-hybridized carbons (Fsp3) is 0.562. The third-order valence-corrected chi connectivity index (χ3v) is 4.12. The molecule has 0 bridgehead atoms. The van der Waals surface area contributed by atoms with Gasteiger partial charge >= 0.3 is 0 Å². The Morgan fingerprint density at radius 3 is 2.70 bits per heavy atom. The van der Waals surface area contributed by atoms with E-state index in [4.69, 9.17) is 10.5 Å². The topological polar surface area (TPSA) is 55.6 Å². The number of ether oxygens (including phenoxy) is 1. The summed E-state index contributed by atoms with van der Waals surface area (Å²) in [5, 5.41) is 0. The highest BCUT2D eigenvalue weighted by molar-refractivity contribution is 5.94. The lowest BCUT2D eigenvalue weighted by Gasteiger charge is -2.36. The molecule has 2 N–H and O–H groups in total. The fourth-order valence-corrected chi connectivity index (χ4v) is 2.68. The van der Waals surface area contributed by atoms with Gasteiger partial charge in [0.1, 0.15) is 5.75 Å². The number of carbonyl (C=O) groups is 1. The van der Waals surface area contributed by atoms with Crippen LogP contribution < -0.4 is 10.5 Å². The van der Waals surface area contributed by atoms with E-state index in [0.717, 1.165) is 30.8 Å². The summed E-state index contributed by atoms with van der Waals surface area (Å²) in [6.07, 6.45) is 1.03. The van der Waals surface area contributed by atoms with Gasteiger partial charge in [0, 0.05) is 18.7 Å². The molecule has 20 heavy (non-hydrogen) atoms. The number of likely N-dealkylation sites (tertiary alicyclic amines) is 1. The predicted octanol–water partition coefficient (Wildman–Crippen LogP) is 2.14. The zero-order chi connectivity index (χ0) is 14.5. The van der Waals surface area contributed by atoms with E-state index in [1.165, 1.54) is 0 Å². The molecule has 4 nitrogen and oxygen atoms in total. The van der Waals surface area contributed by atoms with Gasteiger partial charge in [-0.05, 0) is 56.0 Å². The molecule has 2 atom stereocenters. The Hall–Kier alpha value is -1.55. The van der Waals surface area contributed by atoms with E-state index in [9.17, 15) is 4.79 Å². The van der Waals surface area contributed by atoms with Crippen molar-refractivity contribution in [3.05, 3.63) is 29.8 Å². The molecule has 2 rings (SSSR count). The molecule has 2 unspecified atom stereocenters. The lowest BCUT2D eigenvalue weighted by Crippen LogP contribution is -2.45. The first-order valence-electron chi connectivity index (χ1n) is 7.38. The Morgan fingerprint density at radius 1 is 1.40 bits per heavy atom. The number of amides is 1. The molecule has 1 aromatic rings. The van der Waals surface area contributed by atoms with Gasteiger partial charge in [0.05, 0.1) is 6.61 Å². The van der Waals surface area contributed by atoms with Gasteiger partial charge in [-0.1, -0.05) is 6.92 Å². The Bertz CT molecular complexity index is 444. The third kappa shape index (κ3) is 3.31. The Morgan fingerprint density at radius 2 is 2.10 bits per heavy atom. The van der Waals surface area contributed by atoms with Crippen molar-refractivity contribution < 1.29 is 9.53 Å². The van der Waals surface area contributed by atoms with E-state index in [-0.39, 0.29) is 5.91 Å². The van der Waals surface area contributed by atoms with E-state index in [1.807, 2.05) is 36.1 Å². The summed E-state index contributed by atoms with van der Waals surface area (Å²) in [4.78, 5) is 14.4. The van der Waals surface area contributed by atoms with Crippen LogP contribution in [0, 0.1) is 11.8 Å². The van der Waals surface area contributed by atoms with Gasteiger partial charge in [-0.2, -0.15) is 0 Å². The summed E-state index contributed by atoms with van der Waals surface area (Å²) in [6.45, 7) is 7.04. The molecule has 0 spiro atoms. The second kappa shape index (κ2) is 6.75. The lowest BCUT2D eigenvalue weighted by atomic mass is 9.87. The van der Waals surface area contributed by atoms with Gasteiger partial charge in [0.15, 0.2) is 0 Å². The van der Waals surface area contributed by atoms with Gasteiger partial charge in [-0.3, -0.25) is 4.79 Å². The number of hydrogen-bond acceptors (Lipinski definition) is 3. The molecule has 1 aromatic carbocycles. The van der Waals surface area contributed by atoms with Crippen LogP contribution in [0.1, 0.15) is 30.6 Å². The quantitative estimate of drug-likeness (QED) is 0.916. The van der Waals surface area contributed by atoms with Crippen molar-refractivity contribution in [1.82, 2.24) is 4.90 Å². The van der Waals surface area contributed by atoms with E-state index >= 15 is 0 Å². The molecule has 1 amide bonds. The highest BCUT2D eigenvalue weighted by atomic mass is 16.5. The van der Waals surface area contributed by atoms with Crippen molar-refractivity contribution in [1.29, 1.82) is 0 Å². The maximum absolute atomic E-state index is 12.5. The Kier molecular flexibility index (Phi) is 5.01. The van der Waals surface area contributed by atoms with E-state index in [1.54, 1.807) is 0 Å². The number of rotatable bonds is 4. The first kappa shape index (κ1) is 14.9. The maximum Gasteiger partial charge on any atom is 0.253 e. The Balaban J connectivity index is 2.03. The summed E-state index contributed by atoms with van der Waals surface area (Å²) in [5.41, 5.74) is 6.51. The molecular weight excluding hydrogens is 252 g/mol. The highest BCUT2D eigenvalue weighted by Crippen LogP contribution is 2.24. The molecule has 1 fully saturated rings. The molecule has 4 heteroatoms. The molecule has 1 aliphatic rings. The molecular formula is C16H24N2O2. The number of nitrogens with zero attached hydrogens (tertiary/aromatic N) is 1. The van der Waals surface area contributed by atoms with Gasteiger partial charge < -0.3 is 15.4 Å². The van der Waals surface area contributed by atoms with Crippen molar-refractivity contribution in [2.75, 3.05) is 26.2 Å². The van der Waals surface area contributed by atoms with Crippen LogP contribution in [0.5, 0.6) is 5.75 Å². The minimum Gasteiger partial charge on any atom is -0.494 e. The molecule has 1 heterocycles. The summed E-state index contributed by atoms with van der Waals surface area (Å²) in [6, 6.07) is 7.37. The van der Waals surface area contributed by atoms with Crippen molar-refractivity contribution in [3.63, 3.8) is 0 Å². The van der Waals surface area contributed by atoms with Crippen LogP contribution in [-0.2, 0) is 0 Å². The monoisotopic (exact) mass is 276 g/mol. The minimum absolute atomic E-state index is 0.0957. The van der Waals surface area contributed by atoms with E-state index < -0.39 is 0 Å². The summed E-state index contributed by atoms with van der Waals surface area (Å²) in [5.74, 6) is 1.91. The number of carbonyl (C=O) groups excluding carboxylic acids is 1. The predicted molar refractivity (Wildman–Crippen MR) is 79.8 cm³/mol. The van der Waals surface area contributed by atoms with Crippen molar-refractivity contribution >= 4 is 5.91 Å². The minimum atomic E-state index is 0.0957. The van der Waals surface area contributed by atoms with Crippen molar-refractivity contribution in [2.45, 2.75) is 20.3 Å². The zero-order valence-corrected chi connectivity index (χ0v) is 12.3. The van der Waals surface area contributed by atoms with Crippen molar-refractivity contribution in [3.8, 4) is 5.75 Å². The van der Waals surface area contributed by atoms with Gasteiger partial charge in [0.2, 0.25) is 0 Å². The molecule has 0 aromatic heterocycles. The maximum atomic E-state index is 12.5. The van der Waals surface area contributed by atoms with Crippen LogP contribution in [-0.4, -0.2) is 37.0 Å². The molecule has 0 saturated carbocycles. The normalized spacial score (nSPS) is 22.6. The van der Waals surface area contributed by atoms with Crippen LogP contribution in [0.3, 0.4) is 0 Å². The SMILES string of the molecule is CCOc1ccc(C(=O)N2CCC(C)C(CN)C2)cc1. The van der Waals surface area contributed by atoms with Crippen LogP contribution in [0.25, 0.3) is 0 Å². The second-order valence-corrected chi connectivity index (χ2v) is 5.47. The second-order valence-electron chi connectivity index (χ2n) is 5.47. The molecule has 0 radical (unpaired) electrons. The van der Waals surface area contributed by atoms with Crippen LogP contribution in [0.15, 0.2) is 24.3 Å². The zero-order valence-electron chi connectivity index (χ0n) is 12.3. The summed E-state index contributed by atoms with van der Waals surface area (Å²) < 4.78 is 5.39. The standard InChI is InChI=1S/C16H24N2O2/c1-3-20-15-6-4-13(5-7-15)16(19)18-9-8-12(2)14(10-17)11-18/h4-7,12,14H,3,8-11,17H2,1-2H3. The number of hydrogen-bond donors (Lipinski definition) is 1. The smallest absolute Gasteiger partial charge is 0.253 e. The van der Waals surface area contributed by atoms with E-state index in [2.05, 4.69) is 6.92 Å². The average Bonchev–Trinajstić information content (AvgIpc) is 2.48. The number of benzene rings is 1. The van der Waals surface area contributed by atoms with Gasteiger partial charge in [-0.15, -0.1) is 0 Å². The first-order valence-corrected chi connectivity index (χ1v) is 7.38.